The lowest BCUT2D eigenvalue weighted by molar-refractivity contribution is 1.50. The van der Waals surface area contributed by atoms with Gasteiger partial charge in [0, 0.05) is 4.90 Å². The molecule has 1 aromatic heterocycles. The monoisotopic (exact) mass is 273 g/mol. The number of thioether (sulfide) groups is 1. The molecule has 0 aliphatic heterocycles. The van der Waals surface area contributed by atoms with Crippen molar-refractivity contribution in [2.45, 2.75) is 4.90 Å². The van der Waals surface area contributed by atoms with Crippen molar-refractivity contribution in [3.8, 4) is 0 Å². The number of hydrogen-bond acceptors (Lipinski definition) is 3. The Kier molecular flexibility index (Phi) is 2.53. The number of thiophene rings is 1. The molecule has 68 valence electrons. The highest BCUT2D eigenvalue weighted by atomic mass is 79.9. The van der Waals surface area contributed by atoms with Crippen LogP contribution in [0.4, 0.5) is 5.69 Å². The Hall–Kier alpha value is -0.190. The number of halogens is 1. The van der Waals surface area contributed by atoms with Crippen LogP contribution in [0.5, 0.6) is 0 Å². The van der Waals surface area contributed by atoms with Crippen LogP contribution in [0, 0.1) is 0 Å². The SMILES string of the molecule is CSc1cc2ccsc2c(Br)c1N. The third kappa shape index (κ3) is 1.47. The number of nitrogens with two attached hydrogens (primary N) is 1. The number of fused-ring (bicyclic) bond motifs is 1. The van der Waals surface area contributed by atoms with Crippen molar-refractivity contribution >= 4 is 54.8 Å². The maximum Gasteiger partial charge on any atom is 0.0611 e. The molecule has 0 amide bonds. The second-order valence-corrected chi connectivity index (χ2v) is 5.20. The fourth-order valence-corrected chi connectivity index (χ4v) is 3.48. The molecule has 1 heterocycles. The lowest BCUT2D eigenvalue weighted by atomic mass is 10.2. The normalized spacial score (nSPS) is 10.9. The van der Waals surface area contributed by atoms with Crippen LogP contribution >= 0.6 is 39.0 Å². The van der Waals surface area contributed by atoms with E-state index in [4.69, 9.17) is 5.73 Å². The van der Waals surface area contributed by atoms with Gasteiger partial charge >= 0.3 is 0 Å². The zero-order valence-electron chi connectivity index (χ0n) is 7.00. The van der Waals surface area contributed by atoms with E-state index in [9.17, 15) is 0 Å². The van der Waals surface area contributed by atoms with Crippen LogP contribution in [0.3, 0.4) is 0 Å². The highest BCUT2D eigenvalue weighted by molar-refractivity contribution is 9.10. The molecule has 2 N–H and O–H groups in total. The third-order valence-corrected chi connectivity index (χ3v) is 4.71. The second-order valence-electron chi connectivity index (χ2n) is 2.65. The summed E-state index contributed by atoms with van der Waals surface area (Å²) >= 11 is 6.91. The number of hydrogen-bond donors (Lipinski definition) is 1. The Morgan fingerprint density at radius 1 is 1.54 bits per heavy atom. The first-order valence-corrected chi connectivity index (χ1v) is 6.63. The fourth-order valence-electron chi connectivity index (χ4n) is 1.23. The largest absolute Gasteiger partial charge is 0.397 e. The lowest BCUT2D eigenvalue weighted by Crippen LogP contribution is -1.89. The molecule has 13 heavy (non-hydrogen) atoms. The van der Waals surface area contributed by atoms with Crippen molar-refractivity contribution < 1.29 is 0 Å². The van der Waals surface area contributed by atoms with Gasteiger partial charge < -0.3 is 5.73 Å². The molecule has 1 nitrogen and oxygen atoms in total. The molecule has 0 atom stereocenters. The van der Waals surface area contributed by atoms with Crippen molar-refractivity contribution in [3.05, 3.63) is 22.0 Å². The minimum absolute atomic E-state index is 0.849. The van der Waals surface area contributed by atoms with Crippen LogP contribution in [0.1, 0.15) is 0 Å². The van der Waals surface area contributed by atoms with Crippen molar-refractivity contribution in [1.29, 1.82) is 0 Å². The molecule has 0 fully saturated rings. The summed E-state index contributed by atoms with van der Waals surface area (Å²) in [4.78, 5) is 1.14. The van der Waals surface area contributed by atoms with Gasteiger partial charge in [-0.2, -0.15) is 0 Å². The van der Waals surface area contributed by atoms with E-state index in [0.29, 0.717) is 0 Å². The highest BCUT2D eigenvalue weighted by Gasteiger charge is 2.08. The first-order chi connectivity index (χ1) is 6.24. The summed E-state index contributed by atoms with van der Waals surface area (Å²) in [5.41, 5.74) is 6.81. The molecular weight excluding hydrogens is 266 g/mol. The first-order valence-electron chi connectivity index (χ1n) is 3.73. The maximum atomic E-state index is 5.96. The number of anilines is 1. The van der Waals surface area contributed by atoms with Gasteiger partial charge in [-0.15, -0.1) is 23.1 Å². The van der Waals surface area contributed by atoms with Crippen LogP contribution in [0.25, 0.3) is 10.1 Å². The van der Waals surface area contributed by atoms with Gasteiger partial charge in [0.1, 0.15) is 0 Å². The molecule has 0 saturated heterocycles. The van der Waals surface area contributed by atoms with Gasteiger partial charge in [0.25, 0.3) is 0 Å². The van der Waals surface area contributed by atoms with Crippen molar-refractivity contribution in [2.75, 3.05) is 12.0 Å². The number of benzene rings is 1. The van der Waals surface area contributed by atoms with Gasteiger partial charge in [-0.1, -0.05) is 0 Å². The van der Waals surface area contributed by atoms with Crippen molar-refractivity contribution in [1.82, 2.24) is 0 Å². The average molecular weight is 274 g/mol. The van der Waals surface area contributed by atoms with Crippen LogP contribution in [0.2, 0.25) is 0 Å². The lowest BCUT2D eigenvalue weighted by Gasteiger charge is -2.05. The summed E-state index contributed by atoms with van der Waals surface area (Å²) in [5.74, 6) is 0. The molecule has 0 aliphatic carbocycles. The van der Waals surface area contributed by atoms with Crippen molar-refractivity contribution in [3.63, 3.8) is 0 Å². The molecule has 0 saturated carbocycles. The van der Waals surface area contributed by atoms with E-state index in [2.05, 4.69) is 33.4 Å². The smallest absolute Gasteiger partial charge is 0.0611 e. The van der Waals surface area contributed by atoms with Crippen molar-refractivity contribution in [2.24, 2.45) is 0 Å². The summed E-state index contributed by atoms with van der Waals surface area (Å²) in [5, 5.41) is 3.34. The summed E-state index contributed by atoms with van der Waals surface area (Å²) in [6.45, 7) is 0. The number of rotatable bonds is 1. The summed E-state index contributed by atoms with van der Waals surface area (Å²) in [6.07, 6.45) is 2.04. The molecule has 4 heteroatoms. The van der Waals surface area contributed by atoms with Crippen LogP contribution in [-0.2, 0) is 0 Å². The third-order valence-electron chi connectivity index (χ3n) is 1.90. The van der Waals surface area contributed by atoms with E-state index in [0.717, 1.165) is 15.1 Å². The first kappa shape index (κ1) is 9.37. The standard InChI is InChI=1S/C9H8BrNS2/c1-12-6-4-5-2-3-13-9(5)7(10)8(6)11/h2-4H,11H2,1H3. The van der Waals surface area contributed by atoms with Gasteiger partial charge in [-0.25, -0.2) is 0 Å². The van der Waals surface area contributed by atoms with E-state index < -0.39 is 0 Å². The Bertz CT molecular complexity index is 450. The Labute approximate surface area is 93.4 Å². The molecular formula is C9H8BrNS2. The molecule has 0 bridgehead atoms. The average Bonchev–Trinajstić information content (AvgIpc) is 2.59. The molecule has 0 aliphatic rings. The second kappa shape index (κ2) is 3.52. The zero-order valence-corrected chi connectivity index (χ0v) is 10.2. The quantitative estimate of drug-likeness (QED) is 0.629. The molecule has 2 aromatic rings. The zero-order chi connectivity index (χ0) is 9.42. The summed E-state index contributed by atoms with van der Waals surface area (Å²) in [7, 11) is 0. The van der Waals surface area contributed by atoms with Crippen LogP contribution < -0.4 is 5.73 Å². The van der Waals surface area contributed by atoms with Crippen LogP contribution in [-0.4, -0.2) is 6.26 Å². The predicted molar refractivity (Wildman–Crippen MR) is 65.7 cm³/mol. The van der Waals surface area contributed by atoms with Gasteiger partial charge in [-0.05, 0) is 45.1 Å². The minimum Gasteiger partial charge on any atom is -0.397 e. The van der Waals surface area contributed by atoms with E-state index in [1.165, 1.54) is 10.1 Å². The Morgan fingerprint density at radius 2 is 2.31 bits per heavy atom. The molecule has 0 spiro atoms. The Morgan fingerprint density at radius 3 is 3.00 bits per heavy atom. The Balaban J connectivity index is 2.83. The number of nitrogen functional groups attached to an aromatic ring is 1. The molecule has 1 aromatic carbocycles. The molecule has 0 radical (unpaired) electrons. The van der Waals surface area contributed by atoms with Gasteiger partial charge in [-0.3, -0.25) is 0 Å². The van der Waals surface area contributed by atoms with Gasteiger partial charge in [0.15, 0.2) is 0 Å². The van der Waals surface area contributed by atoms with Gasteiger partial charge in [0.2, 0.25) is 0 Å². The van der Waals surface area contributed by atoms with Crippen LogP contribution in [0.15, 0.2) is 26.9 Å². The topological polar surface area (TPSA) is 26.0 Å². The van der Waals surface area contributed by atoms with E-state index >= 15 is 0 Å². The predicted octanol–water partition coefficient (Wildman–Crippen LogP) is 3.97. The fraction of sp³-hybridized carbons (Fsp3) is 0.111. The van der Waals surface area contributed by atoms with Gasteiger partial charge in [0.05, 0.1) is 14.9 Å². The van der Waals surface area contributed by atoms with E-state index in [-0.39, 0.29) is 0 Å². The van der Waals surface area contributed by atoms with E-state index in [1.807, 2.05) is 6.26 Å². The molecule has 0 unspecified atom stereocenters. The molecule has 2 rings (SSSR count). The maximum absolute atomic E-state index is 5.96. The minimum atomic E-state index is 0.849. The summed E-state index contributed by atoms with van der Waals surface area (Å²) < 4.78 is 2.26. The summed E-state index contributed by atoms with van der Waals surface area (Å²) in [6, 6.07) is 4.25. The highest BCUT2D eigenvalue weighted by Crippen LogP contribution is 2.39. The van der Waals surface area contributed by atoms with E-state index in [1.54, 1.807) is 23.1 Å².